The van der Waals surface area contributed by atoms with Gasteiger partial charge in [0, 0.05) is 6.04 Å². The molecule has 2 nitrogen and oxygen atoms in total. The van der Waals surface area contributed by atoms with Crippen molar-refractivity contribution in [2.24, 2.45) is 0 Å². The smallest absolute Gasteiger partial charge is 0.0693 e. The molecule has 0 aromatic carbocycles. The van der Waals surface area contributed by atoms with Crippen LogP contribution in [0.4, 0.5) is 0 Å². The quantitative estimate of drug-likeness (QED) is 0.569. The third kappa shape index (κ3) is 1.66. The first-order chi connectivity index (χ1) is 4.34. The maximum absolute atomic E-state index is 9.26. The van der Waals surface area contributed by atoms with Gasteiger partial charge in [-0.25, -0.2) is 0 Å². The summed E-state index contributed by atoms with van der Waals surface area (Å²) in [6, 6.07) is 0.384. The minimum absolute atomic E-state index is 0.0788. The van der Waals surface area contributed by atoms with Crippen molar-refractivity contribution in [3.05, 3.63) is 0 Å². The van der Waals surface area contributed by atoms with Crippen molar-refractivity contribution in [1.82, 2.24) is 5.32 Å². The number of aliphatic hydroxyl groups is 1. The highest BCUT2D eigenvalue weighted by atomic mass is 16.3. The van der Waals surface area contributed by atoms with Crippen LogP contribution in [0, 0.1) is 0 Å². The SMILES string of the molecule is CCN[C@@H]1CCC[C@@H]1O. The van der Waals surface area contributed by atoms with E-state index in [4.69, 9.17) is 0 Å². The van der Waals surface area contributed by atoms with Crippen molar-refractivity contribution in [1.29, 1.82) is 0 Å². The van der Waals surface area contributed by atoms with Crippen LogP contribution >= 0.6 is 0 Å². The van der Waals surface area contributed by atoms with Gasteiger partial charge in [0.05, 0.1) is 6.10 Å². The van der Waals surface area contributed by atoms with Gasteiger partial charge in [0.25, 0.3) is 0 Å². The third-order valence-corrected chi connectivity index (χ3v) is 1.95. The number of rotatable bonds is 2. The van der Waals surface area contributed by atoms with Crippen LogP contribution in [0.2, 0.25) is 0 Å². The average molecular weight is 129 g/mol. The molecular formula is C7H15NO. The van der Waals surface area contributed by atoms with E-state index in [0.717, 1.165) is 19.4 Å². The summed E-state index contributed by atoms with van der Waals surface area (Å²) in [5.41, 5.74) is 0. The van der Waals surface area contributed by atoms with Crippen LogP contribution in [0.25, 0.3) is 0 Å². The highest BCUT2D eigenvalue weighted by Crippen LogP contribution is 2.18. The van der Waals surface area contributed by atoms with Crippen molar-refractivity contribution in [2.45, 2.75) is 38.3 Å². The molecule has 1 saturated carbocycles. The van der Waals surface area contributed by atoms with Gasteiger partial charge in [-0.1, -0.05) is 6.92 Å². The van der Waals surface area contributed by atoms with Crippen molar-refractivity contribution in [3.63, 3.8) is 0 Å². The van der Waals surface area contributed by atoms with Gasteiger partial charge in [-0.15, -0.1) is 0 Å². The molecule has 1 aliphatic rings. The van der Waals surface area contributed by atoms with Gasteiger partial charge in [0.2, 0.25) is 0 Å². The second-order valence-electron chi connectivity index (χ2n) is 2.66. The molecule has 0 aromatic rings. The maximum atomic E-state index is 9.26. The number of nitrogens with one attached hydrogen (secondary N) is 1. The molecule has 2 N–H and O–H groups in total. The first-order valence-corrected chi connectivity index (χ1v) is 3.76. The lowest BCUT2D eigenvalue weighted by atomic mass is 10.2. The number of hydrogen-bond acceptors (Lipinski definition) is 2. The molecule has 0 aliphatic heterocycles. The molecule has 0 aromatic heterocycles. The summed E-state index contributed by atoms with van der Waals surface area (Å²) in [5.74, 6) is 0. The Balaban J connectivity index is 2.22. The molecule has 2 heteroatoms. The zero-order valence-electron chi connectivity index (χ0n) is 5.93. The van der Waals surface area contributed by atoms with Crippen LogP contribution in [0.15, 0.2) is 0 Å². The molecule has 2 atom stereocenters. The minimum Gasteiger partial charge on any atom is -0.392 e. The molecule has 9 heavy (non-hydrogen) atoms. The van der Waals surface area contributed by atoms with Crippen LogP contribution in [0.5, 0.6) is 0 Å². The van der Waals surface area contributed by atoms with E-state index in [-0.39, 0.29) is 6.10 Å². The summed E-state index contributed by atoms with van der Waals surface area (Å²) in [5, 5.41) is 12.5. The first kappa shape index (κ1) is 7.03. The normalized spacial score (nSPS) is 35.3. The molecule has 1 fully saturated rings. The lowest BCUT2D eigenvalue weighted by Crippen LogP contribution is -2.35. The molecule has 0 unspecified atom stereocenters. The van der Waals surface area contributed by atoms with Crippen LogP contribution in [-0.4, -0.2) is 23.8 Å². The Morgan fingerprint density at radius 2 is 2.33 bits per heavy atom. The minimum atomic E-state index is -0.0788. The lowest BCUT2D eigenvalue weighted by Gasteiger charge is -2.13. The Hall–Kier alpha value is -0.0800. The molecule has 1 aliphatic carbocycles. The Morgan fingerprint density at radius 1 is 1.56 bits per heavy atom. The fraction of sp³-hybridized carbons (Fsp3) is 1.00. The van der Waals surface area contributed by atoms with Crippen molar-refractivity contribution in [2.75, 3.05) is 6.54 Å². The zero-order chi connectivity index (χ0) is 6.69. The Morgan fingerprint density at radius 3 is 2.78 bits per heavy atom. The molecule has 1 rings (SSSR count). The molecule has 0 amide bonds. The van der Waals surface area contributed by atoms with E-state index < -0.39 is 0 Å². The highest BCUT2D eigenvalue weighted by molar-refractivity contribution is 4.81. The molecule has 54 valence electrons. The van der Waals surface area contributed by atoms with E-state index in [1.807, 2.05) is 0 Å². The summed E-state index contributed by atoms with van der Waals surface area (Å²) < 4.78 is 0. The summed E-state index contributed by atoms with van der Waals surface area (Å²) in [6.07, 6.45) is 3.23. The molecule has 0 bridgehead atoms. The van der Waals surface area contributed by atoms with Gasteiger partial charge < -0.3 is 10.4 Å². The fourth-order valence-corrected chi connectivity index (χ4v) is 1.44. The maximum Gasteiger partial charge on any atom is 0.0693 e. The summed E-state index contributed by atoms with van der Waals surface area (Å²) in [7, 11) is 0. The molecule has 0 spiro atoms. The first-order valence-electron chi connectivity index (χ1n) is 3.76. The van der Waals surface area contributed by atoms with Gasteiger partial charge in [0.15, 0.2) is 0 Å². The van der Waals surface area contributed by atoms with E-state index in [1.165, 1.54) is 6.42 Å². The van der Waals surface area contributed by atoms with Crippen molar-refractivity contribution in [3.8, 4) is 0 Å². The average Bonchev–Trinajstić information content (AvgIpc) is 2.18. The monoisotopic (exact) mass is 129 g/mol. The number of hydrogen-bond donors (Lipinski definition) is 2. The van der Waals surface area contributed by atoms with Crippen LogP contribution in [-0.2, 0) is 0 Å². The van der Waals surface area contributed by atoms with Gasteiger partial charge in [-0.3, -0.25) is 0 Å². The van der Waals surface area contributed by atoms with Crippen LogP contribution < -0.4 is 5.32 Å². The lowest BCUT2D eigenvalue weighted by molar-refractivity contribution is 0.150. The fourth-order valence-electron chi connectivity index (χ4n) is 1.44. The van der Waals surface area contributed by atoms with E-state index in [9.17, 15) is 5.11 Å². The van der Waals surface area contributed by atoms with E-state index in [2.05, 4.69) is 12.2 Å². The Labute approximate surface area is 56.3 Å². The van der Waals surface area contributed by atoms with Crippen LogP contribution in [0.1, 0.15) is 26.2 Å². The van der Waals surface area contributed by atoms with Crippen LogP contribution in [0.3, 0.4) is 0 Å². The topological polar surface area (TPSA) is 32.3 Å². The van der Waals surface area contributed by atoms with Crippen molar-refractivity contribution >= 4 is 0 Å². The number of likely N-dealkylation sites (N-methyl/N-ethyl adjacent to an activating group) is 1. The molecule has 0 saturated heterocycles. The van der Waals surface area contributed by atoms with Gasteiger partial charge in [-0.05, 0) is 25.8 Å². The Bertz CT molecular complexity index is 85.0. The standard InChI is InChI=1S/C7H15NO/c1-2-8-6-4-3-5-7(6)9/h6-9H,2-5H2,1H3/t6-,7+/m1/s1. The van der Waals surface area contributed by atoms with Gasteiger partial charge in [0.1, 0.15) is 0 Å². The summed E-state index contributed by atoms with van der Waals surface area (Å²) in [4.78, 5) is 0. The van der Waals surface area contributed by atoms with E-state index in [0.29, 0.717) is 6.04 Å². The molecule has 0 radical (unpaired) electrons. The van der Waals surface area contributed by atoms with Gasteiger partial charge >= 0.3 is 0 Å². The van der Waals surface area contributed by atoms with Gasteiger partial charge in [-0.2, -0.15) is 0 Å². The third-order valence-electron chi connectivity index (χ3n) is 1.95. The zero-order valence-corrected chi connectivity index (χ0v) is 5.93. The summed E-state index contributed by atoms with van der Waals surface area (Å²) in [6.45, 7) is 3.05. The second-order valence-corrected chi connectivity index (χ2v) is 2.66. The van der Waals surface area contributed by atoms with Crippen molar-refractivity contribution < 1.29 is 5.11 Å². The van der Waals surface area contributed by atoms with E-state index >= 15 is 0 Å². The predicted octanol–water partition coefficient (Wildman–Crippen LogP) is 0.509. The predicted molar refractivity (Wildman–Crippen MR) is 37.3 cm³/mol. The second kappa shape index (κ2) is 3.18. The summed E-state index contributed by atoms with van der Waals surface area (Å²) >= 11 is 0. The molecular weight excluding hydrogens is 114 g/mol. The largest absolute Gasteiger partial charge is 0.392 e. The number of aliphatic hydroxyl groups excluding tert-OH is 1. The molecule has 0 heterocycles. The van der Waals surface area contributed by atoms with E-state index in [1.54, 1.807) is 0 Å². The Kier molecular flexibility index (Phi) is 2.49. The highest BCUT2D eigenvalue weighted by Gasteiger charge is 2.23.